The number of carboxylic acids is 1. The number of hydrogen-bond donors (Lipinski definition) is 1. The second-order valence-corrected chi connectivity index (χ2v) is 10.2. The Labute approximate surface area is 243 Å². The van der Waals surface area contributed by atoms with Gasteiger partial charge in [-0.25, -0.2) is 19.2 Å². The number of esters is 1. The molecule has 3 unspecified atom stereocenters. The first-order chi connectivity index (χ1) is 18.9. The molecule has 2 amide bonds. The molecule has 0 aliphatic heterocycles. The van der Waals surface area contributed by atoms with Crippen LogP contribution in [0.2, 0.25) is 0 Å². The molecule has 0 heterocycles. The highest BCUT2D eigenvalue weighted by molar-refractivity contribution is 5.81. The molecular formula is C30H58N2O8. The lowest BCUT2D eigenvalue weighted by Gasteiger charge is -2.31. The largest absolute Gasteiger partial charge is 0.480 e. The van der Waals surface area contributed by atoms with Crippen LogP contribution in [0.15, 0.2) is 0 Å². The monoisotopic (exact) mass is 574 g/mol. The number of amides is 2. The van der Waals surface area contributed by atoms with E-state index in [1.54, 1.807) is 27.7 Å². The van der Waals surface area contributed by atoms with Crippen LogP contribution in [0.4, 0.5) is 9.59 Å². The summed E-state index contributed by atoms with van der Waals surface area (Å²) in [6, 6.07) is -1.55. The van der Waals surface area contributed by atoms with Crippen molar-refractivity contribution >= 4 is 24.1 Å². The number of aliphatic carboxylic acids is 1. The molecule has 0 fully saturated rings. The van der Waals surface area contributed by atoms with Gasteiger partial charge < -0.3 is 19.3 Å². The van der Waals surface area contributed by atoms with Crippen molar-refractivity contribution in [2.75, 3.05) is 26.4 Å². The van der Waals surface area contributed by atoms with Crippen LogP contribution in [-0.4, -0.2) is 83.5 Å². The minimum absolute atomic E-state index is 0.0963. The molecule has 1 N–H and O–H groups in total. The number of hydrogen-bond acceptors (Lipinski definition) is 7. The summed E-state index contributed by atoms with van der Waals surface area (Å²) in [5.74, 6) is -1.46. The maximum Gasteiger partial charge on any atom is 0.410 e. The Hall–Kier alpha value is -2.52. The van der Waals surface area contributed by atoms with Gasteiger partial charge in [-0.1, -0.05) is 72.1 Å². The topological polar surface area (TPSA) is 123 Å². The minimum atomic E-state index is -0.947. The Bertz CT molecular complexity index is 701. The summed E-state index contributed by atoms with van der Waals surface area (Å²) >= 11 is 0. The lowest BCUT2D eigenvalue weighted by molar-refractivity contribution is -0.149. The third-order valence-corrected chi connectivity index (χ3v) is 6.61. The van der Waals surface area contributed by atoms with Crippen LogP contribution in [-0.2, 0) is 23.8 Å². The number of ether oxygens (including phenoxy) is 3. The molecule has 0 aliphatic rings. The van der Waals surface area contributed by atoms with E-state index in [1.807, 2.05) is 27.7 Å². The second kappa shape index (κ2) is 24.3. The molecule has 0 aromatic rings. The van der Waals surface area contributed by atoms with E-state index in [9.17, 15) is 24.3 Å². The molecule has 0 aromatic carbocycles. The Morgan fingerprint density at radius 2 is 1.15 bits per heavy atom. The van der Waals surface area contributed by atoms with Gasteiger partial charge >= 0.3 is 24.1 Å². The molecule has 0 rings (SSSR count). The Morgan fingerprint density at radius 1 is 0.675 bits per heavy atom. The van der Waals surface area contributed by atoms with E-state index in [-0.39, 0.29) is 25.2 Å². The molecule has 0 bridgehead atoms. The first kappa shape index (κ1) is 39.6. The van der Waals surface area contributed by atoms with Gasteiger partial charge in [0.15, 0.2) is 0 Å². The number of rotatable bonds is 19. The van der Waals surface area contributed by atoms with Crippen LogP contribution in [0.3, 0.4) is 0 Å². The first-order valence-corrected chi connectivity index (χ1v) is 15.2. The van der Waals surface area contributed by atoms with Crippen molar-refractivity contribution in [1.29, 1.82) is 0 Å². The Morgan fingerprint density at radius 3 is 1.57 bits per heavy atom. The van der Waals surface area contributed by atoms with Crippen molar-refractivity contribution in [2.45, 2.75) is 138 Å². The molecule has 236 valence electrons. The summed E-state index contributed by atoms with van der Waals surface area (Å²) in [5, 5.41) is 9.54. The van der Waals surface area contributed by atoms with E-state index in [0.717, 1.165) is 19.3 Å². The van der Waals surface area contributed by atoms with Gasteiger partial charge in [-0.2, -0.15) is 0 Å². The van der Waals surface area contributed by atoms with E-state index >= 15 is 0 Å². The number of carbonyl (C=O) groups excluding carboxylic acids is 3. The van der Waals surface area contributed by atoms with E-state index in [0.29, 0.717) is 19.6 Å². The van der Waals surface area contributed by atoms with E-state index in [1.165, 1.54) is 41.9 Å². The number of unbranched alkanes of at least 4 members (excludes halogenated alkanes) is 7. The normalized spacial score (nSPS) is 12.8. The van der Waals surface area contributed by atoms with Gasteiger partial charge in [0.05, 0.1) is 19.8 Å². The third kappa shape index (κ3) is 16.6. The zero-order chi connectivity index (χ0) is 31.1. The molecule has 0 aliphatic carbocycles. The first-order valence-electron chi connectivity index (χ1n) is 15.2. The molecule has 0 saturated carbocycles. The lowest BCUT2D eigenvalue weighted by Crippen LogP contribution is -2.49. The fourth-order valence-corrected chi connectivity index (χ4v) is 4.26. The molecule has 0 radical (unpaired) electrons. The van der Waals surface area contributed by atoms with Crippen LogP contribution in [0.25, 0.3) is 0 Å². The van der Waals surface area contributed by atoms with Crippen LogP contribution in [0, 0.1) is 5.92 Å². The lowest BCUT2D eigenvalue weighted by atomic mass is 9.97. The summed E-state index contributed by atoms with van der Waals surface area (Å²) in [4.78, 5) is 49.8. The number of carboxylic acid groups (broad SMARTS) is 1. The van der Waals surface area contributed by atoms with Gasteiger partial charge in [0.25, 0.3) is 0 Å². The standard InChI is InChI=1S/C19H37NO4.C11H21NO4/c1-5-8-9-10-11-12-13-14-15-20(19(23)24-7-3)17(18(21)22)16(4)6-2;1-6-15-10(13)9(5)12(8(3)4)11(14)16-7-2/h16-17H,5-15H2,1-4H3,(H,21,22);8-9H,6-7H2,1-5H3. The average molecular weight is 575 g/mol. The summed E-state index contributed by atoms with van der Waals surface area (Å²) in [6.45, 7) is 17.8. The van der Waals surface area contributed by atoms with Crippen molar-refractivity contribution in [1.82, 2.24) is 9.80 Å². The van der Waals surface area contributed by atoms with Crippen LogP contribution in [0.1, 0.15) is 120 Å². The highest BCUT2D eigenvalue weighted by atomic mass is 16.6. The van der Waals surface area contributed by atoms with Gasteiger partial charge in [0.2, 0.25) is 0 Å². The Kier molecular flexibility index (Phi) is 24.1. The van der Waals surface area contributed by atoms with Crippen molar-refractivity contribution < 1.29 is 38.5 Å². The van der Waals surface area contributed by atoms with Crippen molar-refractivity contribution in [3.05, 3.63) is 0 Å². The van der Waals surface area contributed by atoms with E-state index < -0.39 is 36.2 Å². The summed E-state index contributed by atoms with van der Waals surface area (Å²) in [6.07, 6.45) is 9.03. The predicted octanol–water partition coefficient (Wildman–Crippen LogP) is 6.89. The van der Waals surface area contributed by atoms with Gasteiger partial charge in [-0.3, -0.25) is 9.80 Å². The maximum absolute atomic E-state index is 12.2. The zero-order valence-corrected chi connectivity index (χ0v) is 26.7. The predicted molar refractivity (Wildman–Crippen MR) is 157 cm³/mol. The summed E-state index contributed by atoms with van der Waals surface area (Å²) in [7, 11) is 0. The quantitative estimate of drug-likeness (QED) is 0.100. The molecule has 3 atom stereocenters. The minimum Gasteiger partial charge on any atom is -0.480 e. The van der Waals surface area contributed by atoms with Crippen molar-refractivity contribution in [3.63, 3.8) is 0 Å². The molecule has 0 saturated heterocycles. The summed E-state index contributed by atoms with van der Waals surface area (Å²) in [5.41, 5.74) is 0. The van der Waals surface area contributed by atoms with Gasteiger partial charge in [-0.15, -0.1) is 0 Å². The zero-order valence-electron chi connectivity index (χ0n) is 26.7. The highest BCUT2D eigenvalue weighted by Gasteiger charge is 2.34. The smallest absolute Gasteiger partial charge is 0.410 e. The Balaban J connectivity index is 0. The molecule has 40 heavy (non-hydrogen) atoms. The number of nitrogens with zero attached hydrogens (tertiary/aromatic N) is 2. The molecule has 10 heteroatoms. The highest BCUT2D eigenvalue weighted by Crippen LogP contribution is 2.18. The van der Waals surface area contributed by atoms with Crippen LogP contribution in [0.5, 0.6) is 0 Å². The fourth-order valence-electron chi connectivity index (χ4n) is 4.26. The maximum atomic E-state index is 12.2. The SMILES string of the molecule is CCCCCCCCCCN(C(=O)OCC)C(C(=O)O)C(C)CC.CCOC(=O)C(C)N(C(=O)OCC)C(C)C. The van der Waals surface area contributed by atoms with E-state index in [2.05, 4.69) is 6.92 Å². The van der Waals surface area contributed by atoms with E-state index in [4.69, 9.17) is 14.2 Å². The molecule has 10 nitrogen and oxygen atoms in total. The average Bonchev–Trinajstić information content (AvgIpc) is 2.89. The number of carbonyl (C=O) groups is 4. The van der Waals surface area contributed by atoms with Gasteiger partial charge in [0.1, 0.15) is 12.1 Å². The molecular weight excluding hydrogens is 516 g/mol. The summed E-state index contributed by atoms with van der Waals surface area (Å²) < 4.78 is 14.8. The second-order valence-electron chi connectivity index (χ2n) is 10.2. The van der Waals surface area contributed by atoms with Crippen LogP contribution >= 0.6 is 0 Å². The molecule has 0 spiro atoms. The van der Waals surface area contributed by atoms with Crippen molar-refractivity contribution in [3.8, 4) is 0 Å². The third-order valence-electron chi connectivity index (χ3n) is 6.61. The van der Waals surface area contributed by atoms with Crippen LogP contribution < -0.4 is 0 Å². The van der Waals surface area contributed by atoms with Gasteiger partial charge in [-0.05, 0) is 53.9 Å². The molecule has 0 aromatic heterocycles. The fraction of sp³-hybridized carbons (Fsp3) is 0.867. The van der Waals surface area contributed by atoms with Crippen molar-refractivity contribution in [2.24, 2.45) is 5.92 Å². The van der Waals surface area contributed by atoms with Gasteiger partial charge in [0, 0.05) is 12.6 Å².